The average Bonchev–Trinajstić information content (AvgIpc) is 2.30. The molecule has 0 aromatic heterocycles. The summed E-state index contributed by atoms with van der Waals surface area (Å²) in [5, 5.41) is 37.8. The molecule has 0 saturated carbocycles. The Morgan fingerprint density at radius 3 is 2.35 bits per heavy atom. The number of ether oxygens (including phenoxy) is 2. The molecule has 6 nitrogen and oxygen atoms in total. The monoisotopic (exact) mass is 250 g/mol. The maximum Gasteiger partial charge on any atom is 0.186 e. The molecule has 0 aromatic rings. The van der Waals surface area contributed by atoms with Crippen molar-refractivity contribution in [2.24, 2.45) is 0 Å². The van der Waals surface area contributed by atoms with Crippen LogP contribution in [0.5, 0.6) is 0 Å². The molecule has 17 heavy (non-hydrogen) atoms. The minimum atomic E-state index is -1.38. The maximum atomic E-state index is 9.70. The standard InChI is InChI=1S/C11H22O6/c1-3-4-6(2)16-11-10(15)9(14)8(13)7(5-12)17-11/h6-15H,3-5H2,1-2H3. The number of hydrogen-bond donors (Lipinski definition) is 4. The molecule has 6 heteroatoms. The van der Waals surface area contributed by atoms with Gasteiger partial charge in [0.1, 0.15) is 24.4 Å². The Hall–Kier alpha value is -0.240. The third-order valence-corrected chi connectivity index (χ3v) is 2.91. The van der Waals surface area contributed by atoms with Gasteiger partial charge in [-0.1, -0.05) is 13.3 Å². The molecule has 1 rings (SSSR count). The lowest BCUT2D eigenvalue weighted by Crippen LogP contribution is -2.59. The lowest BCUT2D eigenvalue weighted by Gasteiger charge is -2.40. The quantitative estimate of drug-likeness (QED) is 0.499. The van der Waals surface area contributed by atoms with Crippen LogP contribution in [0.15, 0.2) is 0 Å². The van der Waals surface area contributed by atoms with E-state index in [0.717, 1.165) is 12.8 Å². The van der Waals surface area contributed by atoms with Crippen LogP contribution in [0.2, 0.25) is 0 Å². The van der Waals surface area contributed by atoms with Crippen molar-refractivity contribution in [1.82, 2.24) is 0 Å². The van der Waals surface area contributed by atoms with E-state index in [9.17, 15) is 15.3 Å². The molecule has 0 spiro atoms. The van der Waals surface area contributed by atoms with Gasteiger partial charge >= 0.3 is 0 Å². The van der Waals surface area contributed by atoms with Crippen LogP contribution < -0.4 is 0 Å². The minimum absolute atomic E-state index is 0.124. The summed E-state index contributed by atoms with van der Waals surface area (Å²) in [6.45, 7) is 3.41. The molecule has 0 bridgehead atoms. The van der Waals surface area contributed by atoms with Crippen LogP contribution in [-0.2, 0) is 9.47 Å². The van der Waals surface area contributed by atoms with Gasteiger partial charge < -0.3 is 29.9 Å². The van der Waals surface area contributed by atoms with Gasteiger partial charge in [-0.15, -0.1) is 0 Å². The Labute approximate surface area is 101 Å². The third-order valence-electron chi connectivity index (χ3n) is 2.91. The second-order valence-electron chi connectivity index (χ2n) is 4.43. The molecule has 0 aliphatic carbocycles. The molecule has 1 aliphatic heterocycles. The van der Waals surface area contributed by atoms with Crippen LogP contribution in [0, 0.1) is 0 Å². The second kappa shape index (κ2) is 6.63. The van der Waals surface area contributed by atoms with Crippen molar-refractivity contribution in [3.63, 3.8) is 0 Å². The van der Waals surface area contributed by atoms with Gasteiger partial charge in [0, 0.05) is 0 Å². The Morgan fingerprint density at radius 1 is 1.18 bits per heavy atom. The minimum Gasteiger partial charge on any atom is -0.394 e. The topological polar surface area (TPSA) is 99.4 Å². The van der Waals surface area contributed by atoms with Crippen LogP contribution in [-0.4, -0.2) is 63.8 Å². The van der Waals surface area contributed by atoms with E-state index in [4.69, 9.17) is 14.6 Å². The van der Waals surface area contributed by atoms with Crippen molar-refractivity contribution in [2.75, 3.05) is 6.61 Å². The molecule has 6 atom stereocenters. The highest BCUT2D eigenvalue weighted by Crippen LogP contribution is 2.23. The van der Waals surface area contributed by atoms with Gasteiger partial charge in [-0.2, -0.15) is 0 Å². The van der Waals surface area contributed by atoms with Crippen molar-refractivity contribution < 1.29 is 29.9 Å². The normalized spacial score (nSPS) is 40.2. The highest BCUT2D eigenvalue weighted by atomic mass is 16.7. The van der Waals surface area contributed by atoms with Crippen molar-refractivity contribution in [2.45, 2.75) is 63.5 Å². The molecule has 1 fully saturated rings. The van der Waals surface area contributed by atoms with Crippen molar-refractivity contribution in [3.8, 4) is 0 Å². The van der Waals surface area contributed by atoms with Gasteiger partial charge in [0.25, 0.3) is 0 Å². The molecule has 1 saturated heterocycles. The van der Waals surface area contributed by atoms with E-state index in [0.29, 0.717) is 0 Å². The SMILES string of the molecule is CCCC(C)OC1OC(CO)C(O)C(O)C1O. The molecule has 1 aliphatic rings. The van der Waals surface area contributed by atoms with E-state index in [1.807, 2.05) is 13.8 Å². The Bertz CT molecular complexity index is 222. The number of aliphatic hydroxyl groups is 4. The summed E-state index contributed by atoms with van der Waals surface area (Å²) < 4.78 is 10.7. The predicted molar refractivity (Wildman–Crippen MR) is 59.2 cm³/mol. The second-order valence-corrected chi connectivity index (χ2v) is 4.43. The van der Waals surface area contributed by atoms with Crippen molar-refractivity contribution >= 4 is 0 Å². The molecule has 0 aromatic carbocycles. The van der Waals surface area contributed by atoms with Gasteiger partial charge in [0.2, 0.25) is 0 Å². The smallest absolute Gasteiger partial charge is 0.186 e. The van der Waals surface area contributed by atoms with Crippen LogP contribution in [0.1, 0.15) is 26.7 Å². The Balaban J connectivity index is 2.59. The predicted octanol–water partition coefficient (Wildman–Crippen LogP) is -1.01. The van der Waals surface area contributed by atoms with Gasteiger partial charge in [-0.3, -0.25) is 0 Å². The van der Waals surface area contributed by atoms with Crippen molar-refractivity contribution in [3.05, 3.63) is 0 Å². The third kappa shape index (κ3) is 3.61. The highest BCUT2D eigenvalue weighted by Gasteiger charge is 2.44. The fraction of sp³-hybridized carbons (Fsp3) is 1.00. The van der Waals surface area contributed by atoms with E-state index in [1.54, 1.807) is 0 Å². The molecular weight excluding hydrogens is 228 g/mol. The zero-order chi connectivity index (χ0) is 13.0. The van der Waals surface area contributed by atoms with Gasteiger partial charge in [-0.25, -0.2) is 0 Å². The number of aliphatic hydroxyl groups excluding tert-OH is 4. The lowest BCUT2D eigenvalue weighted by atomic mass is 9.99. The molecule has 4 N–H and O–H groups in total. The summed E-state index contributed by atoms with van der Waals surface area (Å²) in [5.41, 5.74) is 0. The molecule has 102 valence electrons. The number of hydrogen-bond acceptors (Lipinski definition) is 6. The first-order valence-electron chi connectivity index (χ1n) is 5.97. The van der Waals surface area contributed by atoms with Gasteiger partial charge in [0.15, 0.2) is 6.29 Å². The first-order valence-corrected chi connectivity index (χ1v) is 5.97. The van der Waals surface area contributed by atoms with Crippen LogP contribution in [0.25, 0.3) is 0 Å². The summed E-state index contributed by atoms with van der Waals surface area (Å²) in [6.07, 6.45) is -4.35. The zero-order valence-corrected chi connectivity index (χ0v) is 10.2. The number of rotatable bonds is 5. The van der Waals surface area contributed by atoms with E-state index < -0.39 is 37.3 Å². The van der Waals surface area contributed by atoms with E-state index in [-0.39, 0.29) is 6.10 Å². The first-order chi connectivity index (χ1) is 8.01. The summed E-state index contributed by atoms with van der Waals surface area (Å²) in [6, 6.07) is 0. The molecule has 6 unspecified atom stereocenters. The van der Waals surface area contributed by atoms with Crippen LogP contribution >= 0.6 is 0 Å². The summed E-state index contributed by atoms with van der Waals surface area (Å²) in [4.78, 5) is 0. The van der Waals surface area contributed by atoms with Gasteiger partial charge in [-0.05, 0) is 13.3 Å². The molecular formula is C11H22O6. The highest BCUT2D eigenvalue weighted by molar-refractivity contribution is 4.89. The Morgan fingerprint density at radius 2 is 1.82 bits per heavy atom. The van der Waals surface area contributed by atoms with E-state index in [1.165, 1.54) is 0 Å². The summed E-state index contributed by atoms with van der Waals surface area (Å²) in [7, 11) is 0. The van der Waals surface area contributed by atoms with E-state index >= 15 is 0 Å². The van der Waals surface area contributed by atoms with E-state index in [2.05, 4.69) is 0 Å². The maximum absolute atomic E-state index is 9.70. The average molecular weight is 250 g/mol. The van der Waals surface area contributed by atoms with Gasteiger partial charge in [0.05, 0.1) is 12.7 Å². The molecule has 0 amide bonds. The van der Waals surface area contributed by atoms with Crippen LogP contribution in [0.3, 0.4) is 0 Å². The Kier molecular flexibility index (Phi) is 5.78. The summed E-state index contributed by atoms with van der Waals surface area (Å²) in [5.74, 6) is 0. The first kappa shape index (κ1) is 14.8. The largest absolute Gasteiger partial charge is 0.394 e. The van der Waals surface area contributed by atoms with Crippen molar-refractivity contribution in [1.29, 1.82) is 0 Å². The fourth-order valence-electron chi connectivity index (χ4n) is 1.88. The lowest BCUT2D eigenvalue weighted by molar-refractivity contribution is -0.310. The van der Waals surface area contributed by atoms with Crippen LogP contribution in [0.4, 0.5) is 0 Å². The zero-order valence-electron chi connectivity index (χ0n) is 10.2. The summed E-state index contributed by atoms with van der Waals surface area (Å²) >= 11 is 0. The molecule has 0 radical (unpaired) electrons. The fourth-order valence-corrected chi connectivity index (χ4v) is 1.88. The molecule has 1 heterocycles.